The predicted octanol–water partition coefficient (Wildman–Crippen LogP) is 4.08. The molecule has 0 saturated carbocycles. The van der Waals surface area contributed by atoms with Gasteiger partial charge in [0, 0.05) is 32.0 Å². The van der Waals surface area contributed by atoms with E-state index in [1.807, 2.05) is 0 Å². The SMILES string of the molecule is CNc1cc(F)cc2c1[nH]c1nc3nc(c12)N[C@H](CN)COCCCCC(=O)CSc1ccc(cn1)O3. The highest BCUT2D eigenvalue weighted by atomic mass is 32.2. The second kappa shape index (κ2) is 11.3. The van der Waals surface area contributed by atoms with Crippen molar-refractivity contribution in [3.8, 4) is 11.8 Å². The Morgan fingerprint density at radius 3 is 2.95 bits per heavy atom. The predicted molar refractivity (Wildman–Crippen MR) is 142 cm³/mol. The summed E-state index contributed by atoms with van der Waals surface area (Å²) in [7, 11) is 1.73. The van der Waals surface area contributed by atoms with Crippen LogP contribution in [0, 0.1) is 5.82 Å². The van der Waals surface area contributed by atoms with Gasteiger partial charge in [0.15, 0.2) is 0 Å². The Balaban J connectivity index is 1.57. The van der Waals surface area contributed by atoms with Crippen LogP contribution >= 0.6 is 11.8 Å². The van der Waals surface area contributed by atoms with Crippen LogP contribution in [0.25, 0.3) is 21.9 Å². The number of nitrogens with one attached hydrogen (secondary N) is 3. The first-order valence-electron chi connectivity index (χ1n) is 12.1. The van der Waals surface area contributed by atoms with Crippen LogP contribution in [0.1, 0.15) is 19.3 Å². The van der Waals surface area contributed by atoms with Gasteiger partial charge in [-0.3, -0.25) is 4.79 Å². The summed E-state index contributed by atoms with van der Waals surface area (Å²) in [6.45, 7) is 1.13. The van der Waals surface area contributed by atoms with Gasteiger partial charge >= 0.3 is 6.01 Å². The number of pyridine rings is 1. The van der Waals surface area contributed by atoms with Gasteiger partial charge in [0.1, 0.15) is 28.8 Å². The van der Waals surface area contributed by atoms with Crippen molar-refractivity contribution in [3.05, 3.63) is 36.3 Å². The minimum absolute atomic E-state index is 0.0834. The number of carbonyl (C=O) groups excluding carboxylic acids is 1. The molecule has 5 heterocycles. The van der Waals surface area contributed by atoms with Crippen LogP contribution in [0.3, 0.4) is 0 Å². The average molecular weight is 526 g/mol. The Bertz CT molecular complexity index is 1410. The monoisotopic (exact) mass is 525 g/mol. The Labute approximate surface area is 216 Å². The van der Waals surface area contributed by atoms with Crippen molar-refractivity contribution >= 4 is 51.0 Å². The number of benzene rings is 1. The van der Waals surface area contributed by atoms with Crippen molar-refractivity contribution in [3.63, 3.8) is 0 Å². The molecular formula is C25H28FN7O3S. The Morgan fingerprint density at radius 1 is 1.27 bits per heavy atom. The van der Waals surface area contributed by atoms with Gasteiger partial charge in [-0.25, -0.2) is 9.37 Å². The second-order valence-electron chi connectivity index (χ2n) is 8.70. The molecule has 194 valence electrons. The Kier molecular flexibility index (Phi) is 7.68. The Hall–Kier alpha value is -3.48. The molecule has 2 aliphatic heterocycles. The number of Topliss-reactive ketones (excluding diaryl/α,β-unsaturated/α-hetero) is 1. The van der Waals surface area contributed by atoms with E-state index >= 15 is 0 Å². The van der Waals surface area contributed by atoms with Crippen molar-refractivity contribution in [1.82, 2.24) is 19.9 Å². The lowest BCUT2D eigenvalue weighted by Crippen LogP contribution is -2.34. The number of aromatic nitrogens is 4. The first kappa shape index (κ1) is 25.2. The van der Waals surface area contributed by atoms with Crippen molar-refractivity contribution in [2.75, 3.05) is 43.2 Å². The highest BCUT2D eigenvalue weighted by molar-refractivity contribution is 7.99. The minimum atomic E-state index is -0.386. The normalized spacial score (nSPS) is 17.6. The number of hydrogen-bond donors (Lipinski definition) is 4. The van der Waals surface area contributed by atoms with Crippen molar-refractivity contribution < 1.29 is 18.7 Å². The van der Waals surface area contributed by atoms with Crippen molar-refractivity contribution in [1.29, 1.82) is 0 Å². The van der Waals surface area contributed by atoms with Gasteiger partial charge in [-0.1, -0.05) is 11.8 Å². The van der Waals surface area contributed by atoms with E-state index in [1.54, 1.807) is 25.4 Å². The van der Waals surface area contributed by atoms with Crippen LogP contribution in [0.4, 0.5) is 15.9 Å². The lowest BCUT2D eigenvalue weighted by molar-refractivity contribution is -0.116. The second-order valence-corrected chi connectivity index (χ2v) is 9.70. The van der Waals surface area contributed by atoms with Crippen LogP contribution in [-0.2, 0) is 9.53 Å². The number of hydrogen-bond acceptors (Lipinski definition) is 10. The summed E-state index contributed by atoms with van der Waals surface area (Å²) in [5.74, 6) is 1.04. The van der Waals surface area contributed by atoms with Gasteiger partial charge in [0.25, 0.3) is 0 Å². The van der Waals surface area contributed by atoms with Crippen LogP contribution < -0.4 is 21.1 Å². The van der Waals surface area contributed by atoms with Gasteiger partial charge in [-0.2, -0.15) is 9.97 Å². The molecule has 0 unspecified atom stereocenters. The summed E-state index contributed by atoms with van der Waals surface area (Å²) in [5, 5.41) is 8.33. The average Bonchev–Trinajstić information content (AvgIpc) is 3.26. The van der Waals surface area contributed by atoms with Crippen molar-refractivity contribution in [2.24, 2.45) is 5.73 Å². The van der Waals surface area contributed by atoms with E-state index in [9.17, 15) is 9.18 Å². The van der Waals surface area contributed by atoms with E-state index in [1.165, 1.54) is 23.9 Å². The van der Waals surface area contributed by atoms with Gasteiger partial charge in [0.2, 0.25) is 0 Å². The zero-order valence-corrected chi connectivity index (χ0v) is 21.2. The summed E-state index contributed by atoms with van der Waals surface area (Å²) in [4.78, 5) is 29.0. The molecule has 0 fully saturated rings. The zero-order chi connectivity index (χ0) is 25.8. The molecular weight excluding hydrogens is 497 g/mol. The summed E-state index contributed by atoms with van der Waals surface area (Å²) < 4.78 is 26.2. The highest BCUT2D eigenvalue weighted by Crippen LogP contribution is 2.36. The quantitative estimate of drug-likeness (QED) is 0.303. The molecule has 37 heavy (non-hydrogen) atoms. The highest BCUT2D eigenvalue weighted by Gasteiger charge is 2.20. The largest absolute Gasteiger partial charge is 0.423 e. The molecule has 12 heteroatoms. The lowest BCUT2D eigenvalue weighted by Gasteiger charge is -2.18. The minimum Gasteiger partial charge on any atom is -0.423 e. The number of aromatic amines is 1. The van der Waals surface area contributed by atoms with E-state index < -0.39 is 0 Å². The lowest BCUT2D eigenvalue weighted by atomic mass is 10.1. The van der Waals surface area contributed by atoms with E-state index in [2.05, 4.69) is 30.6 Å². The number of ether oxygens (including phenoxy) is 2. The summed E-state index contributed by atoms with van der Waals surface area (Å²) >= 11 is 1.39. The van der Waals surface area contributed by atoms with E-state index in [-0.39, 0.29) is 30.2 Å². The van der Waals surface area contributed by atoms with Gasteiger partial charge in [-0.05, 0) is 37.1 Å². The van der Waals surface area contributed by atoms with E-state index in [0.29, 0.717) is 64.6 Å². The molecule has 0 spiro atoms. The molecule has 1 aromatic carbocycles. The summed E-state index contributed by atoms with van der Waals surface area (Å²) in [5.41, 5.74) is 7.81. The molecule has 6 rings (SSSR count). The Morgan fingerprint density at radius 2 is 2.16 bits per heavy atom. The molecule has 3 aromatic heterocycles. The molecule has 0 saturated heterocycles. The summed E-state index contributed by atoms with van der Waals surface area (Å²) in [6.07, 6.45) is 3.59. The molecule has 2 aliphatic rings. The molecule has 4 aromatic rings. The fourth-order valence-corrected chi connectivity index (χ4v) is 4.89. The maximum Gasteiger partial charge on any atom is 0.326 e. The molecule has 5 N–H and O–H groups in total. The topological polar surface area (TPSA) is 140 Å². The van der Waals surface area contributed by atoms with E-state index in [0.717, 1.165) is 17.9 Å². The third kappa shape index (κ3) is 5.76. The van der Waals surface area contributed by atoms with Crippen LogP contribution in [0.2, 0.25) is 0 Å². The number of ketones is 1. The fraction of sp³-hybridized carbons (Fsp3) is 0.360. The number of H-pyrrole nitrogens is 1. The fourth-order valence-electron chi connectivity index (χ4n) is 4.15. The number of anilines is 2. The van der Waals surface area contributed by atoms with E-state index in [4.69, 9.17) is 15.2 Å². The smallest absolute Gasteiger partial charge is 0.326 e. The first-order valence-corrected chi connectivity index (χ1v) is 13.1. The zero-order valence-electron chi connectivity index (χ0n) is 20.3. The third-order valence-corrected chi connectivity index (χ3v) is 7.02. The standard InChI is InChI=1S/C25H28FN7O3S/c1-28-19-9-14(26)8-18-21-23-30-15(10-27)12-35-7-3-2-4-16(34)13-37-20-6-5-17(11-29-20)36-25(32-23)33-24(21)31-22(18)19/h5-6,8-9,11,15,28H,2-4,7,10,12-13,27H2,1H3,(H2,30,31,32,33)/t15-/m1/s1. The molecule has 10 nitrogen and oxygen atoms in total. The van der Waals surface area contributed by atoms with Crippen LogP contribution in [0.5, 0.6) is 11.8 Å². The van der Waals surface area contributed by atoms with Gasteiger partial charge in [0.05, 0.1) is 46.2 Å². The number of nitrogens with two attached hydrogens (primary N) is 1. The van der Waals surface area contributed by atoms with Gasteiger partial charge < -0.3 is 30.8 Å². The third-order valence-electron chi connectivity index (χ3n) is 6.01. The van der Waals surface area contributed by atoms with Gasteiger partial charge in [-0.15, -0.1) is 0 Å². The summed E-state index contributed by atoms with van der Waals surface area (Å²) in [6, 6.07) is 6.23. The first-order chi connectivity index (χ1) is 18.0. The maximum atomic E-state index is 14.5. The molecule has 0 radical (unpaired) electrons. The number of thioether (sulfide) groups is 1. The van der Waals surface area contributed by atoms with Crippen molar-refractivity contribution in [2.45, 2.75) is 30.3 Å². The number of fused-ring (bicyclic) bond motifs is 15. The number of nitrogens with zero attached hydrogens (tertiary/aromatic N) is 3. The molecule has 0 amide bonds. The maximum absolute atomic E-state index is 14.5. The van der Waals surface area contributed by atoms with Crippen LogP contribution in [0.15, 0.2) is 35.5 Å². The number of halogens is 1. The van der Waals surface area contributed by atoms with Crippen LogP contribution in [-0.4, -0.2) is 64.3 Å². The molecule has 0 aliphatic carbocycles. The number of rotatable bonds is 2. The molecule has 4 bridgehead atoms. The molecule has 1 atom stereocenters. The number of carbonyl (C=O) groups is 1.